The average Bonchev–Trinajstić information content (AvgIpc) is 2.23. The molecule has 5 heteroatoms. The number of carbonyl (C=O) groups is 1. The van der Waals surface area contributed by atoms with Gasteiger partial charge in [-0.3, -0.25) is 14.6 Å². The van der Waals surface area contributed by atoms with Crippen molar-refractivity contribution in [1.82, 2.24) is 15.1 Å². The van der Waals surface area contributed by atoms with E-state index in [1.807, 2.05) is 6.92 Å². The minimum atomic E-state index is -0.679. The summed E-state index contributed by atoms with van der Waals surface area (Å²) in [6, 6.07) is 0.301. The molecule has 0 aliphatic carbocycles. The first kappa shape index (κ1) is 11.8. The monoisotopic (exact) mass is 227 g/mol. The highest BCUT2D eigenvalue weighted by atomic mass is 16.4. The molecule has 2 aliphatic rings. The van der Waals surface area contributed by atoms with Crippen LogP contribution in [0.2, 0.25) is 0 Å². The number of carboxylic acid groups (broad SMARTS) is 1. The van der Waals surface area contributed by atoms with Gasteiger partial charge in [0.15, 0.2) is 0 Å². The van der Waals surface area contributed by atoms with E-state index in [1.54, 1.807) is 0 Å². The summed E-state index contributed by atoms with van der Waals surface area (Å²) in [7, 11) is 0. The van der Waals surface area contributed by atoms with Gasteiger partial charge in [-0.1, -0.05) is 6.92 Å². The van der Waals surface area contributed by atoms with Crippen LogP contribution in [-0.2, 0) is 4.79 Å². The fourth-order valence-electron chi connectivity index (χ4n) is 2.61. The maximum atomic E-state index is 11.0. The van der Waals surface area contributed by atoms with E-state index in [4.69, 9.17) is 5.11 Å². The van der Waals surface area contributed by atoms with E-state index < -0.39 is 5.97 Å². The molecule has 0 radical (unpaired) electrons. The van der Waals surface area contributed by atoms with Gasteiger partial charge < -0.3 is 10.4 Å². The van der Waals surface area contributed by atoms with Crippen LogP contribution in [0.15, 0.2) is 0 Å². The quantitative estimate of drug-likeness (QED) is 0.674. The third-order valence-electron chi connectivity index (χ3n) is 3.67. The summed E-state index contributed by atoms with van der Waals surface area (Å²) in [6.07, 6.45) is 0.698. The summed E-state index contributed by atoms with van der Waals surface area (Å²) < 4.78 is 0. The fraction of sp³-hybridized carbons (Fsp3) is 0.909. The molecule has 0 aromatic heterocycles. The lowest BCUT2D eigenvalue weighted by atomic mass is 10.0. The van der Waals surface area contributed by atoms with Crippen LogP contribution >= 0.6 is 0 Å². The van der Waals surface area contributed by atoms with Crippen LogP contribution in [0.4, 0.5) is 0 Å². The first-order valence-electron chi connectivity index (χ1n) is 6.14. The lowest BCUT2D eigenvalue weighted by Gasteiger charge is -2.48. The van der Waals surface area contributed by atoms with Crippen molar-refractivity contribution in [3.05, 3.63) is 0 Å². The number of aliphatic carboxylic acids is 1. The van der Waals surface area contributed by atoms with Gasteiger partial charge in [-0.05, 0) is 6.42 Å². The van der Waals surface area contributed by atoms with E-state index in [-0.39, 0.29) is 6.04 Å². The Bertz CT molecular complexity index is 248. The normalized spacial score (nSPS) is 26.3. The van der Waals surface area contributed by atoms with Gasteiger partial charge in [-0.2, -0.15) is 0 Å². The minimum absolute atomic E-state index is 0.279. The summed E-state index contributed by atoms with van der Waals surface area (Å²) in [5.74, 6) is -0.679. The van der Waals surface area contributed by atoms with Gasteiger partial charge in [0, 0.05) is 45.3 Å². The van der Waals surface area contributed by atoms with Gasteiger partial charge in [0.1, 0.15) is 6.04 Å². The molecule has 2 saturated heterocycles. The molecule has 0 bridgehead atoms. The number of hydrogen-bond donors (Lipinski definition) is 2. The lowest BCUT2D eigenvalue weighted by Crippen LogP contribution is -2.65. The van der Waals surface area contributed by atoms with Crippen molar-refractivity contribution < 1.29 is 9.90 Å². The third-order valence-corrected chi connectivity index (χ3v) is 3.67. The molecule has 0 aromatic carbocycles. The molecular weight excluding hydrogens is 206 g/mol. The van der Waals surface area contributed by atoms with Crippen LogP contribution in [-0.4, -0.2) is 72.2 Å². The Labute approximate surface area is 96.4 Å². The zero-order valence-electron chi connectivity index (χ0n) is 9.85. The molecule has 0 spiro atoms. The van der Waals surface area contributed by atoms with Gasteiger partial charge in [0.05, 0.1) is 0 Å². The molecular formula is C11H21N3O2. The van der Waals surface area contributed by atoms with Gasteiger partial charge in [-0.25, -0.2) is 0 Å². The fourth-order valence-corrected chi connectivity index (χ4v) is 2.61. The summed E-state index contributed by atoms with van der Waals surface area (Å²) in [6.45, 7) is 8.11. The molecule has 0 saturated carbocycles. The van der Waals surface area contributed by atoms with Crippen molar-refractivity contribution in [3.63, 3.8) is 0 Å². The highest BCUT2D eigenvalue weighted by Crippen LogP contribution is 2.19. The molecule has 2 aliphatic heterocycles. The van der Waals surface area contributed by atoms with Gasteiger partial charge in [0.25, 0.3) is 0 Å². The largest absolute Gasteiger partial charge is 0.480 e. The highest BCUT2D eigenvalue weighted by molar-refractivity contribution is 5.73. The Morgan fingerprint density at radius 1 is 1.44 bits per heavy atom. The topological polar surface area (TPSA) is 55.8 Å². The Hall–Kier alpha value is -0.650. The predicted octanol–water partition coefficient (Wildman–Crippen LogP) is -0.561. The molecule has 92 valence electrons. The van der Waals surface area contributed by atoms with Gasteiger partial charge >= 0.3 is 5.97 Å². The first-order valence-corrected chi connectivity index (χ1v) is 6.14. The third kappa shape index (κ3) is 2.36. The van der Waals surface area contributed by atoms with Crippen molar-refractivity contribution in [1.29, 1.82) is 0 Å². The SMILES string of the molecule is CCC(C(=O)O)N1CC(N2CCNCC2)C1. The summed E-state index contributed by atoms with van der Waals surface area (Å²) in [4.78, 5) is 15.5. The van der Waals surface area contributed by atoms with Crippen molar-refractivity contribution in [2.24, 2.45) is 0 Å². The smallest absolute Gasteiger partial charge is 0.320 e. The number of nitrogens with one attached hydrogen (secondary N) is 1. The Morgan fingerprint density at radius 2 is 2.06 bits per heavy atom. The number of hydrogen-bond acceptors (Lipinski definition) is 4. The Morgan fingerprint density at radius 3 is 2.56 bits per heavy atom. The summed E-state index contributed by atoms with van der Waals surface area (Å²) in [5.41, 5.74) is 0. The van der Waals surface area contributed by atoms with Crippen LogP contribution in [0, 0.1) is 0 Å². The maximum Gasteiger partial charge on any atom is 0.320 e. The standard InChI is InChI=1S/C11H21N3O2/c1-2-10(11(15)16)14-7-9(8-14)13-5-3-12-4-6-13/h9-10,12H,2-8H2,1H3,(H,15,16). The molecule has 2 heterocycles. The first-order chi connectivity index (χ1) is 7.72. The lowest BCUT2D eigenvalue weighted by molar-refractivity contribution is -0.147. The second-order valence-corrected chi connectivity index (χ2v) is 4.66. The van der Waals surface area contributed by atoms with Crippen LogP contribution < -0.4 is 5.32 Å². The molecule has 16 heavy (non-hydrogen) atoms. The molecule has 2 N–H and O–H groups in total. The average molecular weight is 227 g/mol. The highest BCUT2D eigenvalue weighted by Gasteiger charge is 2.38. The number of rotatable bonds is 4. The van der Waals surface area contributed by atoms with Gasteiger partial charge in [-0.15, -0.1) is 0 Å². The molecule has 5 nitrogen and oxygen atoms in total. The van der Waals surface area contributed by atoms with E-state index in [1.165, 1.54) is 0 Å². The number of carboxylic acids is 1. The molecule has 0 aromatic rings. The molecule has 1 atom stereocenters. The molecule has 1 unspecified atom stereocenters. The van der Waals surface area contributed by atoms with Crippen molar-refractivity contribution >= 4 is 5.97 Å². The van der Waals surface area contributed by atoms with Crippen molar-refractivity contribution in [2.75, 3.05) is 39.3 Å². The van der Waals surface area contributed by atoms with Crippen LogP contribution in [0.1, 0.15) is 13.3 Å². The summed E-state index contributed by atoms with van der Waals surface area (Å²) in [5, 5.41) is 12.4. The van der Waals surface area contributed by atoms with Gasteiger partial charge in [0.2, 0.25) is 0 Å². The van der Waals surface area contributed by atoms with E-state index >= 15 is 0 Å². The number of nitrogens with zero attached hydrogens (tertiary/aromatic N) is 2. The summed E-state index contributed by atoms with van der Waals surface area (Å²) >= 11 is 0. The van der Waals surface area contributed by atoms with Crippen molar-refractivity contribution in [3.8, 4) is 0 Å². The van der Waals surface area contributed by atoms with Crippen molar-refractivity contribution in [2.45, 2.75) is 25.4 Å². The van der Waals surface area contributed by atoms with Crippen LogP contribution in [0.5, 0.6) is 0 Å². The molecule has 2 fully saturated rings. The number of likely N-dealkylation sites (tertiary alicyclic amines) is 1. The minimum Gasteiger partial charge on any atom is -0.480 e. The zero-order valence-corrected chi connectivity index (χ0v) is 9.85. The Kier molecular flexibility index (Phi) is 3.78. The van der Waals surface area contributed by atoms with E-state index in [0.29, 0.717) is 12.5 Å². The zero-order chi connectivity index (χ0) is 11.5. The van der Waals surface area contributed by atoms with E-state index in [9.17, 15) is 4.79 Å². The predicted molar refractivity (Wildman–Crippen MR) is 61.5 cm³/mol. The second kappa shape index (κ2) is 5.12. The Balaban J connectivity index is 1.77. The molecule has 2 rings (SSSR count). The maximum absolute atomic E-state index is 11.0. The van der Waals surface area contributed by atoms with Crippen LogP contribution in [0.3, 0.4) is 0 Å². The number of piperazine rings is 1. The van der Waals surface area contributed by atoms with Crippen LogP contribution in [0.25, 0.3) is 0 Å². The second-order valence-electron chi connectivity index (χ2n) is 4.66. The van der Waals surface area contributed by atoms with E-state index in [0.717, 1.165) is 39.3 Å². The molecule has 0 amide bonds. The van der Waals surface area contributed by atoms with E-state index in [2.05, 4.69) is 15.1 Å².